The molecule has 0 aliphatic heterocycles. The van der Waals surface area contributed by atoms with Crippen molar-refractivity contribution in [3.8, 4) is 0 Å². The lowest BCUT2D eigenvalue weighted by Gasteiger charge is -2.08. The first-order valence-electron chi connectivity index (χ1n) is 4.16. The second-order valence-electron chi connectivity index (χ2n) is 2.93. The summed E-state index contributed by atoms with van der Waals surface area (Å²) in [4.78, 5) is 10.6. The van der Waals surface area contributed by atoms with E-state index >= 15 is 0 Å². The van der Waals surface area contributed by atoms with Crippen molar-refractivity contribution >= 4 is 11.7 Å². The maximum absolute atomic E-state index is 10.6. The number of hydrogen-bond donors (Lipinski definition) is 1. The van der Waals surface area contributed by atoms with Crippen LogP contribution in [0.1, 0.15) is 27.2 Å². The fourth-order valence-corrected chi connectivity index (χ4v) is 0.868. The van der Waals surface area contributed by atoms with Crippen LogP contribution in [-0.4, -0.2) is 28.8 Å². The Morgan fingerprint density at radius 2 is 2.08 bits per heavy atom. The van der Waals surface area contributed by atoms with E-state index < -0.39 is 5.97 Å². The lowest BCUT2D eigenvalue weighted by molar-refractivity contribution is -0.132. The van der Waals surface area contributed by atoms with Crippen molar-refractivity contribution in [2.24, 2.45) is 5.10 Å². The first-order chi connectivity index (χ1) is 5.97. The summed E-state index contributed by atoms with van der Waals surface area (Å²) in [7, 11) is 1.71. The number of rotatable bonds is 4. The smallest absolute Gasteiger partial charge is 0.333 e. The molecule has 1 N–H and O–H groups in total. The number of carboxylic acids is 1. The Hall–Kier alpha value is -1.32. The molecular weight excluding hydrogens is 168 g/mol. The SMILES string of the molecule is CCC(=CN(C)N=C(C)C)C(=O)O. The molecule has 0 aliphatic rings. The third-order valence-corrected chi connectivity index (χ3v) is 1.36. The summed E-state index contributed by atoms with van der Waals surface area (Å²) in [6, 6.07) is 0. The maximum atomic E-state index is 10.6. The molecule has 0 fully saturated rings. The Labute approximate surface area is 78.6 Å². The summed E-state index contributed by atoms with van der Waals surface area (Å²) >= 11 is 0. The van der Waals surface area contributed by atoms with Gasteiger partial charge in [-0.1, -0.05) is 6.92 Å². The van der Waals surface area contributed by atoms with Crippen LogP contribution >= 0.6 is 0 Å². The average Bonchev–Trinajstić information content (AvgIpc) is 1.98. The van der Waals surface area contributed by atoms with Crippen LogP contribution in [0.25, 0.3) is 0 Å². The lowest BCUT2D eigenvalue weighted by Crippen LogP contribution is -2.09. The molecule has 0 unspecified atom stereocenters. The molecule has 0 spiro atoms. The molecule has 0 aromatic rings. The van der Waals surface area contributed by atoms with Gasteiger partial charge in [-0.15, -0.1) is 0 Å². The van der Waals surface area contributed by atoms with Gasteiger partial charge < -0.3 is 5.11 Å². The summed E-state index contributed by atoms with van der Waals surface area (Å²) < 4.78 is 0. The van der Waals surface area contributed by atoms with Gasteiger partial charge in [0, 0.05) is 19.0 Å². The molecule has 0 saturated carbocycles. The summed E-state index contributed by atoms with van der Waals surface area (Å²) in [5, 5.41) is 14.3. The van der Waals surface area contributed by atoms with E-state index in [0.29, 0.717) is 12.0 Å². The quantitative estimate of drug-likeness (QED) is 0.411. The maximum Gasteiger partial charge on any atom is 0.333 e. The fourth-order valence-electron chi connectivity index (χ4n) is 0.868. The molecule has 0 heterocycles. The Morgan fingerprint density at radius 3 is 2.38 bits per heavy atom. The molecule has 0 aromatic heterocycles. The van der Waals surface area contributed by atoms with E-state index in [4.69, 9.17) is 5.11 Å². The Bertz CT molecular complexity index is 240. The van der Waals surface area contributed by atoms with Crippen LogP contribution < -0.4 is 0 Å². The Morgan fingerprint density at radius 1 is 1.54 bits per heavy atom. The minimum absolute atomic E-state index is 0.354. The first kappa shape index (κ1) is 11.7. The number of aliphatic carboxylic acids is 1. The number of nitrogens with zero attached hydrogens (tertiary/aromatic N) is 2. The van der Waals surface area contributed by atoms with Gasteiger partial charge in [0.1, 0.15) is 0 Å². The van der Waals surface area contributed by atoms with Gasteiger partial charge in [0.25, 0.3) is 0 Å². The second kappa shape index (κ2) is 5.35. The zero-order valence-electron chi connectivity index (χ0n) is 8.53. The molecule has 0 saturated heterocycles. The van der Waals surface area contributed by atoms with E-state index in [1.807, 2.05) is 13.8 Å². The van der Waals surface area contributed by atoms with Gasteiger partial charge in [-0.25, -0.2) is 4.79 Å². The monoisotopic (exact) mass is 184 g/mol. The summed E-state index contributed by atoms with van der Waals surface area (Å²) in [5.74, 6) is -0.890. The van der Waals surface area contributed by atoms with Crippen LogP contribution in [0, 0.1) is 0 Å². The van der Waals surface area contributed by atoms with E-state index in [-0.39, 0.29) is 0 Å². The predicted octanol–water partition coefficient (Wildman–Crippen LogP) is 1.69. The fraction of sp³-hybridized carbons (Fsp3) is 0.556. The summed E-state index contributed by atoms with van der Waals surface area (Å²) in [6.07, 6.45) is 2.02. The van der Waals surface area contributed by atoms with Gasteiger partial charge in [-0.05, 0) is 20.3 Å². The van der Waals surface area contributed by atoms with Crippen LogP contribution in [0.5, 0.6) is 0 Å². The second-order valence-corrected chi connectivity index (χ2v) is 2.93. The zero-order valence-corrected chi connectivity index (χ0v) is 8.53. The van der Waals surface area contributed by atoms with Crippen molar-refractivity contribution in [1.29, 1.82) is 0 Å². The molecule has 0 rings (SSSR count). The molecule has 13 heavy (non-hydrogen) atoms. The van der Waals surface area contributed by atoms with Crippen molar-refractivity contribution in [3.63, 3.8) is 0 Å². The largest absolute Gasteiger partial charge is 0.478 e. The molecule has 0 radical (unpaired) electrons. The van der Waals surface area contributed by atoms with Gasteiger partial charge in [0.05, 0.1) is 5.57 Å². The first-order valence-corrected chi connectivity index (χ1v) is 4.16. The minimum Gasteiger partial charge on any atom is -0.478 e. The standard InChI is InChI=1S/C9H16N2O2/c1-5-8(9(12)13)6-11(4)10-7(2)3/h6H,5H2,1-4H3,(H,12,13). The number of hydrogen-bond acceptors (Lipinski definition) is 3. The van der Waals surface area contributed by atoms with Gasteiger partial charge in [0.2, 0.25) is 0 Å². The van der Waals surface area contributed by atoms with E-state index in [2.05, 4.69) is 5.10 Å². The topological polar surface area (TPSA) is 52.9 Å². The van der Waals surface area contributed by atoms with Crippen LogP contribution in [0.2, 0.25) is 0 Å². The van der Waals surface area contributed by atoms with E-state index in [1.54, 1.807) is 14.0 Å². The molecule has 0 atom stereocenters. The summed E-state index contributed by atoms with van der Waals surface area (Å²) in [5.41, 5.74) is 1.24. The number of carbonyl (C=O) groups is 1. The lowest BCUT2D eigenvalue weighted by atomic mass is 10.2. The van der Waals surface area contributed by atoms with Crippen molar-refractivity contribution in [2.45, 2.75) is 27.2 Å². The normalized spacial score (nSPS) is 10.9. The highest BCUT2D eigenvalue weighted by Gasteiger charge is 2.04. The third-order valence-electron chi connectivity index (χ3n) is 1.36. The van der Waals surface area contributed by atoms with Crippen LogP contribution in [0.4, 0.5) is 0 Å². The Balaban J connectivity index is 4.51. The highest BCUT2D eigenvalue weighted by Crippen LogP contribution is 2.02. The predicted molar refractivity (Wildman–Crippen MR) is 52.6 cm³/mol. The molecule has 4 heteroatoms. The molecule has 0 aromatic carbocycles. The minimum atomic E-state index is -0.890. The van der Waals surface area contributed by atoms with Gasteiger partial charge >= 0.3 is 5.97 Å². The summed E-state index contributed by atoms with van der Waals surface area (Å²) in [6.45, 7) is 5.52. The molecule has 0 bridgehead atoms. The van der Waals surface area contributed by atoms with Crippen molar-refractivity contribution < 1.29 is 9.90 Å². The molecule has 0 amide bonds. The molecule has 0 aliphatic carbocycles. The molecular formula is C9H16N2O2. The van der Waals surface area contributed by atoms with Gasteiger partial charge in [-0.2, -0.15) is 5.10 Å². The van der Waals surface area contributed by atoms with E-state index in [1.165, 1.54) is 11.2 Å². The van der Waals surface area contributed by atoms with Crippen LogP contribution in [0.15, 0.2) is 16.9 Å². The number of carboxylic acid groups (broad SMARTS) is 1. The highest BCUT2D eigenvalue weighted by atomic mass is 16.4. The van der Waals surface area contributed by atoms with Crippen molar-refractivity contribution in [2.75, 3.05) is 7.05 Å². The van der Waals surface area contributed by atoms with Crippen LogP contribution in [0.3, 0.4) is 0 Å². The third kappa shape index (κ3) is 5.00. The molecule has 4 nitrogen and oxygen atoms in total. The molecule has 74 valence electrons. The number of hydrazone groups is 1. The van der Waals surface area contributed by atoms with Gasteiger partial charge in [0.15, 0.2) is 0 Å². The van der Waals surface area contributed by atoms with Crippen molar-refractivity contribution in [1.82, 2.24) is 5.01 Å². The van der Waals surface area contributed by atoms with Crippen LogP contribution in [-0.2, 0) is 4.79 Å². The zero-order chi connectivity index (χ0) is 10.4. The highest BCUT2D eigenvalue weighted by molar-refractivity contribution is 5.86. The van der Waals surface area contributed by atoms with Gasteiger partial charge in [-0.3, -0.25) is 5.01 Å². The average molecular weight is 184 g/mol. The van der Waals surface area contributed by atoms with Crippen molar-refractivity contribution in [3.05, 3.63) is 11.8 Å². The van der Waals surface area contributed by atoms with E-state index in [0.717, 1.165) is 5.71 Å². The van der Waals surface area contributed by atoms with E-state index in [9.17, 15) is 4.79 Å². The Kier molecular flexibility index (Phi) is 4.80.